The first-order chi connectivity index (χ1) is 8.45. The van der Waals surface area contributed by atoms with Gasteiger partial charge < -0.3 is 10.6 Å². The smallest absolute Gasteiger partial charge is 0.185 e. The number of nitrogens with zero attached hydrogens (tertiary/aromatic N) is 1. The Kier molecular flexibility index (Phi) is 4.95. The second kappa shape index (κ2) is 6.04. The van der Waals surface area contributed by atoms with Crippen molar-refractivity contribution < 1.29 is 17.6 Å². The molecule has 102 valence electrons. The molecule has 0 heterocycles. The van der Waals surface area contributed by atoms with Gasteiger partial charge in [-0.3, -0.25) is 0 Å². The molecule has 0 unspecified atom stereocenters. The number of benzene rings is 1. The molecule has 0 fully saturated rings. The molecule has 1 aromatic rings. The van der Waals surface area contributed by atoms with Crippen LogP contribution >= 0.6 is 0 Å². The summed E-state index contributed by atoms with van der Waals surface area (Å²) in [7, 11) is 1.39. The zero-order chi connectivity index (χ0) is 13.9. The average molecular weight is 264 g/mol. The van der Waals surface area contributed by atoms with E-state index in [1.807, 2.05) is 6.92 Å². The predicted octanol–water partition coefficient (Wildman–Crippen LogP) is 2.94. The Hall–Kier alpha value is -1.30. The van der Waals surface area contributed by atoms with E-state index in [0.717, 1.165) is 6.42 Å². The fourth-order valence-corrected chi connectivity index (χ4v) is 1.69. The van der Waals surface area contributed by atoms with Crippen molar-refractivity contribution in [2.24, 2.45) is 5.73 Å². The van der Waals surface area contributed by atoms with Crippen LogP contribution in [0.15, 0.2) is 0 Å². The first-order valence-electron chi connectivity index (χ1n) is 5.71. The fourth-order valence-electron chi connectivity index (χ4n) is 1.69. The van der Waals surface area contributed by atoms with Crippen molar-refractivity contribution >= 4 is 5.69 Å². The van der Waals surface area contributed by atoms with E-state index in [1.165, 1.54) is 11.9 Å². The topological polar surface area (TPSA) is 29.3 Å². The first kappa shape index (κ1) is 14.8. The Balaban J connectivity index is 3.28. The van der Waals surface area contributed by atoms with Gasteiger partial charge in [0.2, 0.25) is 0 Å². The van der Waals surface area contributed by atoms with Gasteiger partial charge in [-0.2, -0.15) is 0 Å². The number of hydrogen-bond acceptors (Lipinski definition) is 2. The fraction of sp³-hybridized carbons (Fsp3) is 0.500. The minimum absolute atomic E-state index is 0.311. The molecule has 0 bridgehead atoms. The van der Waals surface area contributed by atoms with E-state index in [9.17, 15) is 17.6 Å². The van der Waals surface area contributed by atoms with Crippen LogP contribution in [0.25, 0.3) is 0 Å². The van der Waals surface area contributed by atoms with Crippen LogP contribution in [-0.4, -0.2) is 13.6 Å². The maximum Gasteiger partial charge on any atom is 0.185 e. The van der Waals surface area contributed by atoms with E-state index in [2.05, 4.69) is 0 Å². The SMILES string of the molecule is CCCCN(C)c1c(F)c(F)c(CN)c(F)c1F. The Morgan fingerprint density at radius 2 is 1.50 bits per heavy atom. The molecule has 0 aromatic heterocycles. The zero-order valence-corrected chi connectivity index (χ0v) is 10.4. The highest BCUT2D eigenvalue weighted by molar-refractivity contribution is 5.51. The van der Waals surface area contributed by atoms with Gasteiger partial charge in [-0.05, 0) is 6.42 Å². The second-order valence-electron chi connectivity index (χ2n) is 4.06. The number of rotatable bonds is 5. The van der Waals surface area contributed by atoms with Crippen molar-refractivity contribution in [1.29, 1.82) is 0 Å². The summed E-state index contributed by atoms with van der Waals surface area (Å²) in [6, 6.07) is 0. The largest absolute Gasteiger partial charge is 0.370 e. The van der Waals surface area contributed by atoms with Crippen molar-refractivity contribution in [3.63, 3.8) is 0 Å². The molecule has 2 N–H and O–H groups in total. The van der Waals surface area contributed by atoms with Crippen LogP contribution in [0.5, 0.6) is 0 Å². The highest BCUT2D eigenvalue weighted by Gasteiger charge is 2.26. The van der Waals surface area contributed by atoms with Crippen LogP contribution in [-0.2, 0) is 6.54 Å². The van der Waals surface area contributed by atoms with Crippen molar-refractivity contribution in [1.82, 2.24) is 0 Å². The van der Waals surface area contributed by atoms with Gasteiger partial charge in [0, 0.05) is 25.7 Å². The van der Waals surface area contributed by atoms with Gasteiger partial charge in [-0.1, -0.05) is 13.3 Å². The third-order valence-electron chi connectivity index (χ3n) is 2.76. The van der Waals surface area contributed by atoms with Gasteiger partial charge in [0.05, 0.1) is 0 Å². The number of anilines is 1. The van der Waals surface area contributed by atoms with Gasteiger partial charge in [0.25, 0.3) is 0 Å². The zero-order valence-electron chi connectivity index (χ0n) is 10.4. The van der Waals surface area contributed by atoms with Crippen molar-refractivity contribution in [2.45, 2.75) is 26.3 Å². The van der Waals surface area contributed by atoms with Gasteiger partial charge >= 0.3 is 0 Å². The van der Waals surface area contributed by atoms with E-state index in [1.54, 1.807) is 0 Å². The molecule has 0 saturated heterocycles. The second-order valence-corrected chi connectivity index (χ2v) is 4.06. The maximum atomic E-state index is 13.7. The lowest BCUT2D eigenvalue weighted by atomic mass is 10.1. The lowest BCUT2D eigenvalue weighted by molar-refractivity contribution is 0.439. The first-order valence-corrected chi connectivity index (χ1v) is 5.71. The van der Waals surface area contributed by atoms with E-state index >= 15 is 0 Å². The average Bonchev–Trinajstić information content (AvgIpc) is 2.35. The lowest BCUT2D eigenvalue weighted by Gasteiger charge is -2.21. The number of halogens is 4. The normalized spacial score (nSPS) is 10.8. The molecule has 0 spiro atoms. The standard InChI is InChI=1S/C12H16F4N2/c1-3-4-5-18(2)12-10(15)8(13)7(6-17)9(14)11(12)16/h3-6,17H2,1-2H3. The van der Waals surface area contributed by atoms with Crippen LogP contribution in [0.2, 0.25) is 0 Å². The highest BCUT2D eigenvalue weighted by Crippen LogP contribution is 2.30. The monoisotopic (exact) mass is 264 g/mol. The predicted molar refractivity (Wildman–Crippen MR) is 62.3 cm³/mol. The Labute approximate surface area is 103 Å². The highest BCUT2D eigenvalue weighted by atomic mass is 19.2. The maximum absolute atomic E-state index is 13.7. The molecule has 1 aromatic carbocycles. The third kappa shape index (κ3) is 2.58. The molecule has 0 amide bonds. The van der Waals surface area contributed by atoms with Crippen molar-refractivity contribution in [3.05, 3.63) is 28.8 Å². The molecular formula is C12H16F4N2. The Morgan fingerprint density at radius 1 is 1.00 bits per heavy atom. The summed E-state index contributed by atoms with van der Waals surface area (Å²) in [5, 5.41) is 0. The molecule has 6 heteroatoms. The molecule has 2 nitrogen and oxygen atoms in total. The summed E-state index contributed by atoms with van der Waals surface area (Å²) in [6.45, 7) is 1.62. The van der Waals surface area contributed by atoms with Gasteiger partial charge in [-0.15, -0.1) is 0 Å². The molecule has 18 heavy (non-hydrogen) atoms. The van der Waals surface area contributed by atoms with Crippen LogP contribution < -0.4 is 10.6 Å². The van der Waals surface area contributed by atoms with E-state index in [-0.39, 0.29) is 0 Å². The van der Waals surface area contributed by atoms with Gasteiger partial charge in [0.15, 0.2) is 23.3 Å². The van der Waals surface area contributed by atoms with Gasteiger partial charge in [-0.25, -0.2) is 17.6 Å². The molecule has 0 atom stereocenters. The van der Waals surface area contributed by atoms with E-state index in [4.69, 9.17) is 5.73 Å². The Bertz CT molecular complexity index is 406. The summed E-state index contributed by atoms with van der Waals surface area (Å²) in [4.78, 5) is 1.17. The van der Waals surface area contributed by atoms with Crippen LogP contribution in [0.3, 0.4) is 0 Å². The molecule has 0 aliphatic heterocycles. The van der Waals surface area contributed by atoms with Crippen LogP contribution in [0.1, 0.15) is 25.3 Å². The van der Waals surface area contributed by atoms with E-state index < -0.39 is 41.1 Å². The molecule has 1 rings (SSSR count). The summed E-state index contributed by atoms with van der Waals surface area (Å²) in [5.41, 5.74) is 3.62. The molecule has 0 saturated carbocycles. The summed E-state index contributed by atoms with van der Waals surface area (Å²) in [6.07, 6.45) is 1.47. The number of unbranched alkanes of at least 4 members (excludes halogenated alkanes) is 1. The molecule has 0 aliphatic carbocycles. The molecule has 0 aliphatic rings. The third-order valence-corrected chi connectivity index (χ3v) is 2.76. The Morgan fingerprint density at radius 3 is 1.89 bits per heavy atom. The molecular weight excluding hydrogens is 248 g/mol. The van der Waals surface area contributed by atoms with Crippen LogP contribution in [0.4, 0.5) is 23.2 Å². The van der Waals surface area contributed by atoms with Crippen molar-refractivity contribution in [2.75, 3.05) is 18.5 Å². The summed E-state index contributed by atoms with van der Waals surface area (Å²) in [5.74, 6) is -5.63. The quantitative estimate of drug-likeness (QED) is 0.654. The number of hydrogen-bond donors (Lipinski definition) is 1. The van der Waals surface area contributed by atoms with Crippen LogP contribution in [0, 0.1) is 23.3 Å². The molecule has 0 radical (unpaired) electrons. The van der Waals surface area contributed by atoms with Gasteiger partial charge in [0.1, 0.15) is 5.69 Å². The van der Waals surface area contributed by atoms with E-state index in [0.29, 0.717) is 13.0 Å². The minimum atomic E-state index is -1.42. The van der Waals surface area contributed by atoms with Crippen molar-refractivity contribution in [3.8, 4) is 0 Å². The minimum Gasteiger partial charge on any atom is -0.370 e. The number of nitrogens with two attached hydrogens (primary N) is 1. The lowest BCUT2D eigenvalue weighted by Crippen LogP contribution is -2.23. The summed E-state index contributed by atoms with van der Waals surface area (Å²) < 4.78 is 54.4. The summed E-state index contributed by atoms with van der Waals surface area (Å²) >= 11 is 0.